The molecule has 2 rings (SSSR count). The molecule has 0 aliphatic carbocycles. The standard InChI is InChI=1S/C14H14ClFN2O/c1-14(9-17)5-7-18(8-6-14)13(19)12-10(15)3-2-4-11(12)16/h2-4H,5-8H2,1H3. The molecule has 1 aliphatic heterocycles. The van der Waals surface area contributed by atoms with Crippen molar-refractivity contribution in [2.75, 3.05) is 13.1 Å². The minimum Gasteiger partial charge on any atom is -0.338 e. The molecule has 1 fully saturated rings. The lowest BCUT2D eigenvalue weighted by Gasteiger charge is -2.35. The summed E-state index contributed by atoms with van der Waals surface area (Å²) in [6, 6.07) is 6.46. The van der Waals surface area contributed by atoms with Crippen LogP contribution in [0.2, 0.25) is 5.02 Å². The molecule has 0 unspecified atom stereocenters. The molecule has 0 saturated carbocycles. The highest BCUT2D eigenvalue weighted by atomic mass is 35.5. The first-order valence-corrected chi connectivity index (χ1v) is 6.49. The number of likely N-dealkylation sites (tertiary alicyclic amines) is 1. The molecule has 0 spiro atoms. The largest absolute Gasteiger partial charge is 0.338 e. The van der Waals surface area contributed by atoms with Gasteiger partial charge in [-0.3, -0.25) is 4.79 Å². The van der Waals surface area contributed by atoms with Crippen molar-refractivity contribution in [3.05, 3.63) is 34.6 Å². The van der Waals surface area contributed by atoms with Crippen LogP contribution in [0.5, 0.6) is 0 Å². The average Bonchev–Trinajstić information content (AvgIpc) is 2.39. The fourth-order valence-corrected chi connectivity index (χ4v) is 2.42. The van der Waals surface area contributed by atoms with Gasteiger partial charge in [-0.2, -0.15) is 5.26 Å². The Hall–Kier alpha value is -1.60. The minimum atomic E-state index is -0.605. The Labute approximate surface area is 116 Å². The zero-order chi connectivity index (χ0) is 14.0. The topological polar surface area (TPSA) is 44.1 Å². The lowest BCUT2D eigenvalue weighted by atomic mass is 9.82. The van der Waals surface area contributed by atoms with Crippen LogP contribution in [0.1, 0.15) is 30.1 Å². The zero-order valence-corrected chi connectivity index (χ0v) is 11.4. The van der Waals surface area contributed by atoms with Gasteiger partial charge in [0.05, 0.1) is 22.1 Å². The highest BCUT2D eigenvalue weighted by molar-refractivity contribution is 6.33. The van der Waals surface area contributed by atoms with Crippen LogP contribution in [0.3, 0.4) is 0 Å². The summed E-state index contributed by atoms with van der Waals surface area (Å²) in [5.74, 6) is -1.01. The molecule has 0 bridgehead atoms. The number of halogens is 2. The van der Waals surface area contributed by atoms with E-state index in [2.05, 4.69) is 6.07 Å². The number of hydrogen-bond acceptors (Lipinski definition) is 2. The van der Waals surface area contributed by atoms with E-state index in [-0.39, 0.29) is 10.6 Å². The smallest absolute Gasteiger partial charge is 0.258 e. The van der Waals surface area contributed by atoms with Gasteiger partial charge in [0, 0.05) is 13.1 Å². The number of amides is 1. The van der Waals surface area contributed by atoms with E-state index in [9.17, 15) is 9.18 Å². The Bertz CT molecular complexity index is 525. The summed E-state index contributed by atoms with van der Waals surface area (Å²) in [4.78, 5) is 13.8. The van der Waals surface area contributed by atoms with Crippen molar-refractivity contribution in [2.24, 2.45) is 5.41 Å². The molecule has 5 heteroatoms. The maximum absolute atomic E-state index is 13.7. The third kappa shape index (κ3) is 2.71. The molecule has 19 heavy (non-hydrogen) atoms. The SMILES string of the molecule is CC1(C#N)CCN(C(=O)c2c(F)cccc2Cl)CC1. The minimum absolute atomic E-state index is 0.0790. The predicted molar refractivity (Wildman–Crippen MR) is 70.3 cm³/mol. The van der Waals surface area contributed by atoms with E-state index < -0.39 is 17.1 Å². The fourth-order valence-electron chi connectivity index (χ4n) is 2.18. The van der Waals surface area contributed by atoms with E-state index in [1.165, 1.54) is 18.2 Å². The summed E-state index contributed by atoms with van der Waals surface area (Å²) in [7, 11) is 0. The van der Waals surface area contributed by atoms with Crippen molar-refractivity contribution in [1.82, 2.24) is 4.90 Å². The summed E-state index contributed by atoms with van der Waals surface area (Å²) in [5, 5.41) is 9.17. The number of rotatable bonds is 1. The Morgan fingerprint density at radius 1 is 1.47 bits per heavy atom. The number of nitriles is 1. The Morgan fingerprint density at radius 3 is 2.63 bits per heavy atom. The van der Waals surface area contributed by atoms with Crippen molar-refractivity contribution in [2.45, 2.75) is 19.8 Å². The quantitative estimate of drug-likeness (QED) is 0.793. The number of piperidine rings is 1. The van der Waals surface area contributed by atoms with Crippen LogP contribution in [0.25, 0.3) is 0 Å². The number of hydrogen-bond donors (Lipinski definition) is 0. The van der Waals surface area contributed by atoms with Gasteiger partial charge in [-0.1, -0.05) is 17.7 Å². The van der Waals surface area contributed by atoms with Crippen molar-refractivity contribution in [3.63, 3.8) is 0 Å². The average molecular weight is 281 g/mol. The monoisotopic (exact) mass is 280 g/mol. The van der Waals surface area contributed by atoms with Gasteiger partial charge in [-0.15, -0.1) is 0 Å². The van der Waals surface area contributed by atoms with Gasteiger partial charge in [0.25, 0.3) is 5.91 Å². The molecule has 0 aromatic heterocycles. The lowest BCUT2D eigenvalue weighted by Crippen LogP contribution is -2.42. The van der Waals surface area contributed by atoms with E-state index >= 15 is 0 Å². The van der Waals surface area contributed by atoms with E-state index in [1.807, 2.05) is 6.92 Å². The van der Waals surface area contributed by atoms with Crippen LogP contribution in [0.15, 0.2) is 18.2 Å². The molecular weight excluding hydrogens is 267 g/mol. The summed E-state index contributed by atoms with van der Waals surface area (Å²) >= 11 is 5.89. The van der Waals surface area contributed by atoms with E-state index in [4.69, 9.17) is 16.9 Å². The fraction of sp³-hybridized carbons (Fsp3) is 0.429. The first-order chi connectivity index (χ1) is 8.97. The summed E-state index contributed by atoms with van der Waals surface area (Å²) in [6.07, 6.45) is 1.20. The molecule has 1 amide bonds. The number of carbonyl (C=O) groups is 1. The summed E-state index contributed by atoms with van der Waals surface area (Å²) in [6.45, 7) is 2.78. The Morgan fingerprint density at radius 2 is 2.11 bits per heavy atom. The summed E-state index contributed by atoms with van der Waals surface area (Å²) < 4.78 is 13.7. The van der Waals surface area contributed by atoms with Crippen LogP contribution in [0, 0.1) is 22.6 Å². The van der Waals surface area contributed by atoms with Gasteiger partial charge >= 0.3 is 0 Å². The number of benzene rings is 1. The van der Waals surface area contributed by atoms with E-state index in [0.29, 0.717) is 25.9 Å². The maximum atomic E-state index is 13.7. The van der Waals surface area contributed by atoms with Gasteiger partial charge in [-0.25, -0.2) is 4.39 Å². The molecule has 0 atom stereocenters. The highest BCUT2D eigenvalue weighted by Gasteiger charge is 2.33. The molecule has 1 aromatic rings. The van der Waals surface area contributed by atoms with Crippen molar-refractivity contribution < 1.29 is 9.18 Å². The molecule has 1 heterocycles. The maximum Gasteiger partial charge on any atom is 0.258 e. The van der Waals surface area contributed by atoms with Crippen LogP contribution >= 0.6 is 11.6 Å². The molecule has 1 saturated heterocycles. The van der Waals surface area contributed by atoms with Crippen molar-refractivity contribution in [3.8, 4) is 6.07 Å². The third-order valence-electron chi connectivity index (χ3n) is 3.60. The van der Waals surface area contributed by atoms with Gasteiger partial charge in [-0.05, 0) is 31.9 Å². The lowest BCUT2D eigenvalue weighted by molar-refractivity contribution is 0.0657. The van der Waals surface area contributed by atoms with Gasteiger partial charge < -0.3 is 4.90 Å². The van der Waals surface area contributed by atoms with Crippen molar-refractivity contribution >= 4 is 17.5 Å². The second-order valence-corrected chi connectivity index (χ2v) is 5.47. The van der Waals surface area contributed by atoms with Crippen LogP contribution in [-0.2, 0) is 0 Å². The summed E-state index contributed by atoms with van der Waals surface area (Å²) in [5.41, 5.74) is -0.472. The second-order valence-electron chi connectivity index (χ2n) is 5.06. The Kier molecular flexibility index (Phi) is 3.77. The first-order valence-electron chi connectivity index (χ1n) is 6.11. The van der Waals surface area contributed by atoms with Crippen LogP contribution in [-0.4, -0.2) is 23.9 Å². The Balaban J connectivity index is 2.17. The van der Waals surface area contributed by atoms with Crippen molar-refractivity contribution in [1.29, 1.82) is 5.26 Å². The molecule has 100 valence electrons. The van der Waals surface area contributed by atoms with E-state index in [0.717, 1.165) is 0 Å². The molecular formula is C14H14ClFN2O. The number of nitrogens with zero attached hydrogens (tertiary/aromatic N) is 2. The molecule has 0 N–H and O–H groups in total. The molecule has 1 aromatic carbocycles. The number of carbonyl (C=O) groups excluding carboxylic acids is 1. The predicted octanol–water partition coefficient (Wildman–Crippen LogP) is 3.24. The van der Waals surface area contributed by atoms with E-state index in [1.54, 1.807) is 4.90 Å². The van der Waals surface area contributed by atoms with Crippen LogP contribution < -0.4 is 0 Å². The van der Waals surface area contributed by atoms with Gasteiger partial charge in [0.2, 0.25) is 0 Å². The molecule has 3 nitrogen and oxygen atoms in total. The molecule has 1 aliphatic rings. The van der Waals surface area contributed by atoms with Gasteiger partial charge in [0.15, 0.2) is 0 Å². The second kappa shape index (κ2) is 5.18. The molecule has 0 radical (unpaired) electrons. The normalized spacial score (nSPS) is 17.9. The van der Waals surface area contributed by atoms with Crippen LogP contribution in [0.4, 0.5) is 4.39 Å². The first kappa shape index (κ1) is 13.8. The van der Waals surface area contributed by atoms with Gasteiger partial charge in [0.1, 0.15) is 5.82 Å². The zero-order valence-electron chi connectivity index (χ0n) is 10.6. The third-order valence-corrected chi connectivity index (χ3v) is 3.92. The highest BCUT2D eigenvalue weighted by Crippen LogP contribution is 2.31.